The first-order valence-electron chi connectivity index (χ1n) is 6.50. The monoisotopic (exact) mass is 242 g/mol. The lowest BCUT2D eigenvalue weighted by Crippen LogP contribution is -2.51. The Morgan fingerprint density at radius 3 is 2.65 bits per heavy atom. The third-order valence-corrected chi connectivity index (χ3v) is 3.49. The van der Waals surface area contributed by atoms with Crippen LogP contribution in [0.1, 0.15) is 19.8 Å². The average Bonchev–Trinajstić information content (AvgIpc) is 2.40. The number of piperazine rings is 1. The minimum Gasteiger partial charge on any atom is -0.461 e. The molecule has 2 saturated heterocycles. The molecule has 2 aliphatic rings. The van der Waals surface area contributed by atoms with Gasteiger partial charge < -0.3 is 14.8 Å². The summed E-state index contributed by atoms with van der Waals surface area (Å²) >= 11 is 0. The van der Waals surface area contributed by atoms with Crippen molar-refractivity contribution in [1.82, 2.24) is 10.2 Å². The van der Waals surface area contributed by atoms with Gasteiger partial charge in [0.25, 0.3) is 0 Å². The SMILES string of the molecule is CC(C(=O)OC1CCOCC1)N1CCNCC1. The van der Waals surface area contributed by atoms with Gasteiger partial charge in [0, 0.05) is 39.0 Å². The standard InChI is InChI=1S/C12H22N2O3/c1-10(14-6-4-13-5-7-14)12(15)17-11-2-8-16-9-3-11/h10-11,13H,2-9H2,1H3. The molecule has 1 unspecified atom stereocenters. The van der Waals surface area contributed by atoms with Crippen LogP contribution in [0.4, 0.5) is 0 Å². The van der Waals surface area contributed by atoms with Crippen LogP contribution in [0.2, 0.25) is 0 Å². The summed E-state index contributed by atoms with van der Waals surface area (Å²) < 4.78 is 10.8. The van der Waals surface area contributed by atoms with Crippen LogP contribution in [0.5, 0.6) is 0 Å². The number of esters is 1. The summed E-state index contributed by atoms with van der Waals surface area (Å²) in [5.41, 5.74) is 0. The van der Waals surface area contributed by atoms with E-state index in [0.29, 0.717) is 13.2 Å². The van der Waals surface area contributed by atoms with Crippen molar-refractivity contribution in [3.05, 3.63) is 0 Å². The summed E-state index contributed by atoms with van der Waals surface area (Å²) in [4.78, 5) is 14.2. The number of hydrogen-bond donors (Lipinski definition) is 1. The van der Waals surface area contributed by atoms with Gasteiger partial charge in [0.2, 0.25) is 0 Å². The van der Waals surface area contributed by atoms with Crippen molar-refractivity contribution in [2.75, 3.05) is 39.4 Å². The van der Waals surface area contributed by atoms with Gasteiger partial charge in [-0.15, -0.1) is 0 Å². The van der Waals surface area contributed by atoms with E-state index in [1.807, 2.05) is 6.92 Å². The van der Waals surface area contributed by atoms with Gasteiger partial charge >= 0.3 is 5.97 Å². The zero-order valence-corrected chi connectivity index (χ0v) is 10.5. The molecule has 2 rings (SSSR count). The molecule has 2 heterocycles. The van der Waals surface area contributed by atoms with Crippen molar-refractivity contribution >= 4 is 5.97 Å². The van der Waals surface area contributed by atoms with Crippen LogP contribution < -0.4 is 5.32 Å². The number of hydrogen-bond acceptors (Lipinski definition) is 5. The number of carbonyl (C=O) groups excluding carboxylic acids is 1. The second-order valence-corrected chi connectivity index (χ2v) is 4.71. The number of nitrogens with zero attached hydrogens (tertiary/aromatic N) is 1. The van der Waals surface area contributed by atoms with Crippen molar-refractivity contribution in [2.45, 2.75) is 31.9 Å². The van der Waals surface area contributed by atoms with Crippen LogP contribution in [0, 0.1) is 0 Å². The van der Waals surface area contributed by atoms with Crippen LogP contribution in [0.3, 0.4) is 0 Å². The van der Waals surface area contributed by atoms with Crippen molar-refractivity contribution < 1.29 is 14.3 Å². The molecule has 98 valence electrons. The Morgan fingerprint density at radius 1 is 1.35 bits per heavy atom. The third kappa shape index (κ3) is 3.66. The van der Waals surface area contributed by atoms with E-state index in [0.717, 1.165) is 39.0 Å². The number of nitrogens with one attached hydrogen (secondary N) is 1. The molecular formula is C12H22N2O3. The first kappa shape index (κ1) is 12.8. The van der Waals surface area contributed by atoms with E-state index in [9.17, 15) is 4.79 Å². The van der Waals surface area contributed by atoms with Crippen molar-refractivity contribution in [1.29, 1.82) is 0 Å². The van der Waals surface area contributed by atoms with E-state index in [1.54, 1.807) is 0 Å². The molecular weight excluding hydrogens is 220 g/mol. The molecule has 0 spiro atoms. The van der Waals surface area contributed by atoms with Crippen molar-refractivity contribution in [3.8, 4) is 0 Å². The maximum absolute atomic E-state index is 12.0. The number of rotatable bonds is 3. The Balaban J connectivity index is 1.77. The van der Waals surface area contributed by atoms with Gasteiger partial charge in [-0.2, -0.15) is 0 Å². The highest BCUT2D eigenvalue weighted by molar-refractivity contribution is 5.75. The van der Waals surface area contributed by atoms with Crippen LogP contribution in [0.25, 0.3) is 0 Å². The predicted molar refractivity (Wildman–Crippen MR) is 63.8 cm³/mol. The Morgan fingerprint density at radius 2 is 2.00 bits per heavy atom. The minimum absolute atomic E-state index is 0.0571. The summed E-state index contributed by atoms with van der Waals surface area (Å²) in [7, 11) is 0. The molecule has 0 bridgehead atoms. The zero-order chi connectivity index (χ0) is 12.1. The molecule has 17 heavy (non-hydrogen) atoms. The van der Waals surface area contributed by atoms with Gasteiger partial charge in [-0.25, -0.2) is 0 Å². The largest absolute Gasteiger partial charge is 0.461 e. The fourth-order valence-electron chi connectivity index (χ4n) is 2.28. The van der Waals surface area contributed by atoms with E-state index in [4.69, 9.17) is 9.47 Å². The predicted octanol–water partition coefficient (Wildman–Crippen LogP) is 0.00230. The van der Waals surface area contributed by atoms with Crippen LogP contribution in [-0.4, -0.2) is 62.4 Å². The number of carbonyl (C=O) groups is 1. The Bertz CT molecular complexity index is 248. The summed E-state index contributed by atoms with van der Waals surface area (Å²) in [5.74, 6) is -0.0844. The minimum atomic E-state index is -0.125. The first-order valence-corrected chi connectivity index (χ1v) is 6.50. The molecule has 1 atom stereocenters. The van der Waals surface area contributed by atoms with Gasteiger partial charge in [-0.3, -0.25) is 9.69 Å². The Labute approximate surface area is 102 Å². The molecule has 0 radical (unpaired) electrons. The van der Waals surface area contributed by atoms with Crippen LogP contribution in [-0.2, 0) is 14.3 Å². The smallest absolute Gasteiger partial charge is 0.323 e. The molecule has 0 aromatic carbocycles. The van der Waals surface area contributed by atoms with Gasteiger partial charge in [0.15, 0.2) is 0 Å². The van der Waals surface area contributed by atoms with E-state index < -0.39 is 0 Å². The third-order valence-electron chi connectivity index (χ3n) is 3.49. The topological polar surface area (TPSA) is 50.8 Å². The van der Waals surface area contributed by atoms with E-state index in [2.05, 4.69) is 10.2 Å². The fourth-order valence-corrected chi connectivity index (χ4v) is 2.28. The average molecular weight is 242 g/mol. The van der Waals surface area contributed by atoms with E-state index in [1.165, 1.54) is 0 Å². The summed E-state index contributed by atoms with van der Waals surface area (Å²) in [6.07, 6.45) is 1.72. The van der Waals surface area contributed by atoms with Gasteiger partial charge in [-0.1, -0.05) is 0 Å². The first-order chi connectivity index (χ1) is 8.27. The molecule has 5 heteroatoms. The number of ether oxygens (including phenoxy) is 2. The van der Waals surface area contributed by atoms with Crippen LogP contribution >= 0.6 is 0 Å². The van der Waals surface area contributed by atoms with Crippen LogP contribution in [0.15, 0.2) is 0 Å². The highest BCUT2D eigenvalue weighted by Crippen LogP contribution is 2.13. The molecule has 0 aromatic heterocycles. The fraction of sp³-hybridized carbons (Fsp3) is 0.917. The molecule has 0 amide bonds. The maximum atomic E-state index is 12.0. The van der Waals surface area contributed by atoms with Gasteiger partial charge in [0.1, 0.15) is 12.1 Å². The quantitative estimate of drug-likeness (QED) is 0.706. The summed E-state index contributed by atoms with van der Waals surface area (Å²) in [5, 5.41) is 3.28. The van der Waals surface area contributed by atoms with Crippen molar-refractivity contribution in [2.24, 2.45) is 0 Å². The normalized spacial score (nSPS) is 25.5. The van der Waals surface area contributed by atoms with Crippen molar-refractivity contribution in [3.63, 3.8) is 0 Å². The lowest BCUT2D eigenvalue weighted by Gasteiger charge is -2.32. The Hall–Kier alpha value is -0.650. The molecule has 5 nitrogen and oxygen atoms in total. The van der Waals surface area contributed by atoms with Gasteiger partial charge in [-0.05, 0) is 6.92 Å². The second-order valence-electron chi connectivity index (χ2n) is 4.71. The molecule has 2 fully saturated rings. The zero-order valence-electron chi connectivity index (χ0n) is 10.5. The van der Waals surface area contributed by atoms with E-state index >= 15 is 0 Å². The summed E-state index contributed by atoms with van der Waals surface area (Å²) in [6.45, 7) is 7.10. The highest BCUT2D eigenvalue weighted by atomic mass is 16.6. The maximum Gasteiger partial charge on any atom is 0.323 e. The molecule has 0 aliphatic carbocycles. The molecule has 1 N–H and O–H groups in total. The summed E-state index contributed by atoms with van der Waals surface area (Å²) in [6, 6.07) is -0.125. The molecule has 2 aliphatic heterocycles. The molecule has 0 saturated carbocycles. The molecule has 0 aromatic rings. The lowest BCUT2D eigenvalue weighted by atomic mass is 10.1. The second kappa shape index (κ2) is 6.33. The van der Waals surface area contributed by atoms with E-state index in [-0.39, 0.29) is 18.1 Å². The lowest BCUT2D eigenvalue weighted by molar-refractivity contribution is -0.159. The highest BCUT2D eigenvalue weighted by Gasteiger charge is 2.26. The Kier molecular flexibility index (Phi) is 4.76. The van der Waals surface area contributed by atoms with Gasteiger partial charge in [0.05, 0.1) is 13.2 Å².